The summed E-state index contributed by atoms with van der Waals surface area (Å²) in [6.07, 6.45) is 0. The van der Waals surface area contributed by atoms with Crippen molar-refractivity contribution in [2.75, 3.05) is 11.7 Å². The highest BCUT2D eigenvalue weighted by Gasteiger charge is 1.70. The molecule has 0 unspecified atom stereocenters. The molecule has 0 heterocycles. The first-order valence-corrected chi connectivity index (χ1v) is 2.73. The van der Waals surface area contributed by atoms with E-state index in [-0.39, 0.29) is 5.94 Å². The molecule has 0 aliphatic carbocycles. The summed E-state index contributed by atoms with van der Waals surface area (Å²) in [5.74, 6) is 0.958. The van der Waals surface area contributed by atoms with Gasteiger partial charge in [0, 0.05) is 0 Å². The molecule has 1 radical (unpaired) electrons. The molecule has 0 fully saturated rings. The van der Waals surface area contributed by atoms with Crippen molar-refractivity contribution < 1.29 is 5.11 Å². The molecule has 0 rings (SSSR count). The minimum atomic E-state index is 0.0104. The van der Waals surface area contributed by atoms with Gasteiger partial charge in [-0.05, 0) is 5.75 Å². The van der Waals surface area contributed by atoms with Gasteiger partial charge in [0.2, 0.25) is 0 Å². The Bertz CT molecular complexity index is 14.4. The summed E-state index contributed by atoms with van der Waals surface area (Å²) in [4.78, 5) is 0. The van der Waals surface area contributed by atoms with Gasteiger partial charge in [-0.3, -0.25) is 0 Å². The van der Waals surface area contributed by atoms with E-state index in [2.05, 4.69) is 0 Å². The van der Waals surface area contributed by atoms with Crippen LogP contribution in [0, 0.1) is 0 Å². The van der Waals surface area contributed by atoms with E-state index >= 15 is 0 Å². The van der Waals surface area contributed by atoms with E-state index in [1.54, 1.807) is 0 Å². The van der Waals surface area contributed by atoms with E-state index in [4.69, 9.17) is 0 Å². The highest BCUT2D eigenvalue weighted by molar-refractivity contribution is 7.99. The Kier molecular flexibility index (Phi) is 4.58. The summed E-state index contributed by atoms with van der Waals surface area (Å²) >= 11 is 1.41. The van der Waals surface area contributed by atoms with Crippen molar-refractivity contribution in [1.82, 2.24) is 0 Å². The standard InChI is InChI=1S/C3H7OS/c1-2-5-3-4/h2-3H2,1H3. The summed E-state index contributed by atoms with van der Waals surface area (Å²) in [6.45, 7) is 1.97. The zero-order valence-corrected chi connectivity index (χ0v) is 4.05. The van der Waals surface area contributed by atoms with Crippen LogP contribution in [0.15, 0.2) is 0 Å². The topological polar surface area (TPSA) is 19.9 Å². The maximum atomic E-state index is 9.49. The number of hydrogen-bond donors (Lipinski definition) is 0. The Morgan fingerprint density at radius 2 is 2.40 bits per heavy atom. The largest absolute Gasteiger partial charge is 0.225 e. The molecule has 0 aromatic heterocycles. The molecule has 1 nitrogen and oxygen atoms in total. The summed E-state index contributed by atoms with van der Waals surface area (Å²) in [5, 5.41) is 9.49. The Balaban J connectivity index is 2.19. The van der Waals surface area contributed by atoms with E-state index in [0.29, 0.717) is 0 Å². The lowest BCUT2D eigenvalue weighted by Crippen LogP contribution is -1.67. The Morgan fingerprint density at radius 3 is 2.40 bits per heavy atom. The SMILES string of the molecule is CCSC[O]. The Labute approximate surface area is 36.4 Å². The van der Waals surface area contributed by atoms with Gasteiger partial charge in [-0.2, -0.15) is 0 Å². The second-order valence-corrected chi connectivity index (χ2v) is 1.83. The van der Waals surface area contributed by atoms with Gasteiger partial charge in [-0.15, -0.1) is 11.8 Å². The first kappa shape index (κ1) is 5.31. The summed E-state index contributed by atoms with van der Waals surface area (Å²) in [5.41, 5.74) is 0. The molecule has 0 atom stereocenters. The number of thioether (sulfide) groups is 1. The average molecular weight is 91.2 g/mol. The maximum Gasteiger partial charge on any atom is 0.128 e. The van der Waals surface area contributed by atoms with Crippen LogP contribution in [-0.2, 0) is 5.11 Å². The molecule has 2 heteroatoms. The monoisotopic (exact) mass is 91.0 g/mol. The van der Waals surface area contributed by atoms with Gasteiger partial charge in [0.05, 0.1) is 0 Å². The normalized spacial score (nSPS) is 8.40. The lowest BCUT2D eigenvalue weighted by Gasteiger charge is -1.77. The predicted octanol–water partition coefficient (Wildman–Crippen LogP) is 1.13. The van der Waals surface area contributed by atoms with Crippen LogP contribution in [0.5, 0.6) is 0 Å². The molecule has 0 saturated heterocycles. The van der Waals surface area contributed by atoms with Crippen LogP contribution in [0.4, 0.5) is 0 Å². The molecule has 0 amide bonds. The van der Waals surface area contributed by atoms with Gasteiger partial charge in [-0.25, -0.2) is 5.11 Å². The summed E-state index contributed by atoms with van der Waals surface area (Å²) < 4.78 is 0. The molecule has 0 aliphatic rings. The fourth-order valence-corrected chi connectivity index (χ4v) is 0.250. The fourth-order valence-electron chi connectivity index (χ4n) is 0.0833. The fraction of sp³-hybridized carbons (Fsp3) is 1.00. The van der Waals surface area contributed by atoms with Gasteiger partial charge >= 0.3 is 0 Å². The van der Waals surface area contributed by atoms with Crippen molar-refractivity contribution in [2.45, 2.75) is 6.92 Å². The van der Waals surface area contributed by atoms with Gasteiger partial charge in [0.25, 0.3) is 0 Å². The van der Waals surface area contributed by atoms with Gasteiger partial charge in [0.15, 0.2) is 0 Å². The third-order valence-corrected chi connectivity index (χ3v) is 0.862. The van der Waals surface area contributed by atoms with Crippen molar-refractivity contribution >= 4 is 11.8 Å². The van der Waals surface area contributed by atoms with Crippen molar-refractivity contribution in [2.24, 2.45) is 0 Å². The number of hydrogen-bond acceptors (Lipinski definition) is 1. The molecule has 0 saturated carbocycles. The van der Waals surface area contributed by atoms with Crippen LogP contribution in [0.2, 0.25) is 0 Å². The smallest absolute Gasteiger partial charge is 0.128 e. The number of rotatable bonds is 2. The molecule has 31 valence electrons. The van der Waals surface area contributed by atoms with Crippen LogP contribution < -0.4 is 0 Å². The Hall–Kier alpha value is 0.310. The van der Waals surface area contributed by atoms with E-state index in [1.807, 2.05) is 6.92 Å². The van der Waals surface area contributed by atoms with Crippen LogP contribution in [0.1, 0.15) is 6.92 Å². The Morgan fingerprint density at radius 1 is 1.80 bits per heavy atom. The second kappa shape index (κ2) is 4.31. The van der Waals surface area contributed by atoms with E-state index in [0.717, 1.165) is 5.75 Å². The molecular weight excluding hydrogens is 84.1 g/mol. The molecule has 0 aliphatic heterocycles. The molecular formula is C3H7OS. The van der Waals surface area contributed by atoms with Crippen molar-refractivity contribution in [3.8, 4) is 0 Å². The molecule has 0 aromatic carbocycles. The van der Waals surface area contributed by atoms with Crippen LogP contribution in [-0.4, -0.2) is 11.7 Å². The first-order chi connectivity index (χ1) is 2.41. The molecule has 5 heavy (non-hydrogen) atoms. The minimum Gasteiger partial charge on any atom is -0.225 e. The second-order valence-electron chi connectivity index (χ2n) is 0.611. The van der Waals surface area contributed by atoms with Crippen LogP contribution >= 0.6 is 11.8 Å². The van der Waals surface area contributed by atoms with Gasteiger partial charge in [-0.1, -0.05) is 6.92 Å². The van der Waals surface area contributed by atoms with E-state index < -0.39 is 0 Å². The van der Waals surface area contributed by atoms with E-state index in [1.165, 1.54) is 11.8 Å². The summed E-state index contributed by atoms with van der Waals surface area (Å²) in [6, 6.07) is 0. The quantitative estimate of drug-likeness (QED) is 0.466. The lowest BCUT2D eigenvalue weighted by atomic mass is 11.0. The van der Waals surface area contributed by atoms with Crippen molar-refractivity contribution in [3.05, 3.63) is 0 Å². The molecule has 0 N–H and O–H groups in total. The summed E-state index contributed by atoms with van der Waals surface area (Å²) in [7, 11) is 0. The molecule has 0 aromatic rings. The highest BCUT2D eigenvalue weighted by Crippen LogP contribution is 1.91. The van der Waals surface area contributed by atoms with Gasteiger partial charge < -0.3 is 0 Å². The zero-order chi connectivity index (χ0) is 4.12. The third-order valence-electron chi connectivity index (χ3n) is 0.287. The minimum absolute atomic E-state index is 0.0104. The van der Waals surface area contributed by atoms with Crippen molar-refractivity contribution in [1.29, 1.82) is 0 Å². The van der Waals surface area contributed by atoms with Gasteiger partial charge in [0.1, 0.15) is 5.94 Å². The molecule has 0 bridgehead atoms. The van der Waals surface area contributed by atoms with Crippen LogP contribution in [0.25, 0.3) is 0 Å². The van der Waals surface area contributed by atoms with E-state index in [9.17, 15) is 5.11 Å². The predicted molar refractivity (Wildman–Crippen MR) is 23.7 cm³/mol. The first-order valence-electron chi connectivity index (χ1n) is 1.57. The lowest BCUT2D eigenvalue weighted by molar-refractivity contribution is 0.260. The zero-order valence-electron chi connectivity index (χ0n) is 3.23. The highest BCUT2D eigenvalue weighted by atomic mass is 32.2. The third kappa shape index (κ3) is 4.31. The van der Waals surface area contributed by atoms with Crippen molar-refractivity contribution in [3.63, 3.8) is 0 Å². The van der Waals surface area contributed by atoms with Crippen LogP contribution in [0.3, 0.4) is 0 Å². The molecule has 0 spiro atoms. The average Bonchev–Trinajstić information content (AvgIpc) is 1.41. The maximum absolute atomic E-state index is 9.49.